The maximum Gasteiger partial charge on any atom is 0.338 e. The van der Waals surface area contributed by atoms with Gasteiger partial charge >= 0.3 is 5.97 Å². The van der Waals surface area contributed by atoms with E-state index in [9.17, 15) is 9.59 Å². The highest BCUT2D eigenvalue weighted by Crippen LogP contribution is 2.45. The van der Waals surface area contributed by atoms with Gasteiger partial charge in [0.1, 0.15) is 11.5 Å². The number of allylic oxidation sites excluding steroid dienone is 1. The minimum Gasteiger partial charge on any atom is -0.459 e. The zero-order chi connectivity index (χ0) is 26.5. The van der Waals surface area contributed by atoms with E-state index in [2.05, 4.69) is 5.32 Å². The number of ether oxygens (including phenoxy) is 2. The largest absolute Gasteiger partial charge is 0.459 e. The van der Waals surface area contributed by atoms with Gasteiger partial charge in [0.25, 0.3) is 0 Å². The highest BCUT2D eigenvalue weighted by atomic mass is 32.2. The van der Waals surface area contributed by atoms with Crippen molar-refractivity contribution >= 4 is 28.8 Å². The average Bonchev–Trinajstić information content (AvgIpc) is 3.24. The molecule has 0 fully saturated rings. The number of aliphatic imine (C=N–C) groups is 1. The summed E-state index contributed by atoms with van der Waals surface area (Å²) in [5.74, 6) is 0.875. The first-order chi connectivity index (χ1) is 17.8. The molecule has 2 aliphatic rings. The zero-order valence-corrected chi connectivity index (χ0v) is 22.7. The summed E-state index contributed by atoms with van der Waals surface area (Å²) in [5, 5.41) is 5.70. The van der Waals surface area contributed by atoms with Crippen molar-refractivity contribution in [2.24, 2.45) is 4.99 Å². The van der Waals surface area contributed by atoms with Crippen LogP contribution in [-0.2, 0) is 14.3 Å². The summed E-state index contributed by atoms with van der Waals surface area (Å²) in [5.41, 5.74) is 2.67. The van der Waals surface area contributed by atoms with Gasteiger partial charge in [-0.25, -0.2) is 9.79 Å². The van der Waals surface area contributed by atoms with E-state index in [4.69, 9.17) is 14.5 Å². The lowest BCUT2D eigenvalue weighted by atomic mass is 9.93. The van der Waals surface area contributed by atoms with Crippen molar-refractivity contribution in [3.05, 3.63) is 82.5 Å². The number of nitrogens with zero attached hydrogens (tertiary/aromatic N) is 2. The van der Waals surface area contributed by atoms with Crippen LogP contribution in [-0.4, -0.2) is 34.1 Å². The number of fused-ring (bicyclic) bond motifs is 1. The fraction of sp³-hybridized carbons (Fsp3) is 0.345. The number of amides is 1. The highest BCUT2D eigenvalue weighted by Gasteiger charge is 2.41. The maximum atomic E-state index is 13.4. The van der Waals surface area contributed by atoms with Crippen LogP contribution in [0.3, 0.4) is 0 Å². The van der Waals surface area contributed by atoms with Gasteiger partial charge < -0.3 is 19.7 Å². The van der Waals surface area contributed by atoms with E-state index in [1.165, 1.54) is 11.8 Å². The molecule has 4 rings (SSSR count). The number of rotatable bonds is 9. The smallest absolute Gasteiger partial charge is 0.338 e. The van der Waals surface area contributed by atoms with Gasteiger partial charge in [-0.05, 0) is 69.4 Å². The van der Waals surface area contributed by atoms with E-state index < -0.39 is 12.0 Å². The van der Waals surface area contributed by atoms with Gasteiger partial charge in [0.2, 0.25) is 5.91 Å². The third-order valence-corrected chi connectivity index (χ3v) is 6.97. The molecule has 37 heavy (non-hydrogen) atoms. The fourth-order valence-electron chi connectivity index (χ4n) is 4.19. The van der Waals surface area contributed by atoms with Crippen molar-refractivity contribution in [2.45, 2.75) is 65.6 Å². The van der Waals surface area contributed by atoms with E-state index in [0.29, 0.717) is 17.0 Å². The van der Waals surface area contributed by atoms with Crippen molar-refractivity contribution in [1.82, 2.24) is 10.2 Å². The summed E-state index contributed by atoms with van der Waals surface area (Å²) in [6.45, 7) is 9.49. The van der Waals surface area contributed by atoms with Crippen molar-refractivity contribution in [2.75, 3.05) is 0 Å². The van der Waals surface area contributed by atoms with Crippen molar-refractivity contribution < 1.29 is 19.1 Å². The van der Waals surface area contributed by atoms with Gasteiger partial charge in [-0.1, -0.05) is 49.0 Å². The zero-order valence-electron chi connectivity index (χ0n) is 21.9. The molecule has 0 radical (unpaired) electrons. The van der Waals surface area contributed by atoms with Crippen LogP contribution in [0.1, 0.15) is 59.1 Å². The number of hydrogen-bond donors (Lipinski definition) is 1. The summed E-state index contributed by atoms with van der Waals surface area (Å²) in [6, 6.07) is 16.8. The molecule has 1 N–H and O–H groups in total. The Labute approximate surface area is 222 Å². The normalized spacial score (nSPS) is 17.7. The van der Waals surface area contributed by atoms with E-state index in [0.717, 1.165) is 28.6 Å². The predicted molar refractivity (Wildman–Crippen MR) is 147 cm³/mol. The number of carbonyl (C=O) groups is 2. The van der Waals surface area contributed by atoms with Gasteiger partial charge in [-0.3, -0.25) is 4.79 Å². The first-order valence-electron chi connectivity index (χ1n) is 12.5. The summed E-state index contributed by atoms with van der Waals surface area (Å²) >= 11 is 1.45. The van der Waals surface area contributed by atoms with Crippen LogP contribution in [0.2, 0.25) is 0 Å². The van der Waals surface area contributed by atoms with Crippen LogP contribution in [0.15, 0.2) is 82.0 Å². The van der Waals surface area contributed by atoms with Crippen LogP contribution in [0, 0.1) is 0 Å². The number of amidine groups is 1. The number of carbonyl (C=O) groups excluding carboxylic acids is 2. The van der Waals surface area contributed by atoms with Crippen LogP contribution >= 0.6 is 11.8 Å². The number of nitrogens with one attached hydrogen (secondary N) is 1. The van der Waals surface area contributed by atoms with E-state index in [-0.39, 0.29) is 24.5 Å². The summed E-state index contributed by atoms with van der Waals surface area (Å²) in [6.07, 6.45) is 0.745. The van der Waals surface area contributed by atoms with E-state index in [1.54, 1.807) is 0 Å². The first kappa shape index (κ1) is 26.5. The quantitative estimate of drug-likeness (QED) is 0.391. The maximum absolute atomic E-state index is 13.4. The second-order valence-electron chi connectivity index (χ2n) is 9.39. The Balaban J connectivity index is 1.72. The van der Waals surface area contributed by atoms with Gasteiger partial charge in [0, 0.05) is 11.7 Å². The molecule has 2 heterocycles. The van der Waals surface area contributed by atoms with Crippen LogP contribution in [0.5, 0.6) is 11.5 Å². The third-order valence-electron chi connectivity index (χ3n) is 6.08. The van der Waals surface area contributed by atoms with Gasteiger partial charge in [-0.2, -0.15) is 0 Å². The number of para-hydroxylation sites is 1. The second kappa shape index (κ2) is 11.7. The standard InChI is InChI=1S/C29H33N3O4S/c1-6-19(4)30-25(33)16-22-17-37-29-31-20(5)26(28(34)35-18(2)3)27(32(22)29)21-11-10-14-24(15-21)36-23-12-8-7-9-13-23/h7-15,17-19,27H,6,16H2,1-5H3,(H,30,33). The fourth-order valence-corrected chi connectivity index (χ4v) is 5.15. The second-order valence-corrected chi connectivity index (χ2v) is 10.2. The highest BCUT2D eigenvalue weighted by molar-refractivity contribution is 8.16. The molecule has 0 aliphatic carbocycles. The minimum absolute atomic E-state index is 0.0695. The molecule has 1 amide bonds. The van der Waals surface area contributed by atoms with Gasteiger partial charge in [0.05, 0.1) is 29.8 Å². The monoisotopic (exact) mass is 519 g/mol. The topological polar surface area (TPSA) is 80.2 Å². The molecular formula is C29H33N3O4S. The Bertz CT molecular complexity index is 1250. The van der Waals surface area contributed by atoms with Crippen molar-refractivity contribution in [3.63, 3.8) is 0 Å². The number of esters is 1. The van der Waals surface area contributed by atoms with Crippen LogP contribution in [0.25, 0.3) is 0 Å². The SMILES string of the molecule is CCC(C)NC(=O)CC1=CSC2=NC(C)=C(C(=O)OC(C)C)C(c3cccc(Oc4ccccc4)c3)N12. The molecule has 0 saturated heterocycles. The molecule has 194 valence electrons. The molecule has 0 saturated carbocycles. The van der Waals surface area contributed by atoms with Crippen LogP contribution < -0.4 is 10.1 Å². The molecule has 0 spiro atoms. The lowest BCUT2D eigenvalue weighted by Gasteiger charge is -2.36. The molecule has 0 bridgehead atoms. The lowest BCUT2D eigenvalue weighted by Crippen LogP contribution is -2.39. The first-order valence-corrected chi connectivity index (χ1v) is 13.4. The molecule has 2 aromatic carbocycles. The van der Waals surface area contributed by atoms with Gasteiger partial charge in [-0.15, -0.1) is 0 Å². The minimum atomic E-state index is -0.518. The number of hydrogen-bond acceptors (Lipinski definition) is 7. The van der Waals surface area contributed by atoms with Crippen molar-refractivity contribution in [3.8, 4) is 11.5 Å². The number of benzene rings is 2. The molecule has 0 aromatic heterocycles. The Morgan fingerprint density at radius 2 is 1.81 bits per heavy atom. The third kappa shape index (κ3) is 6.25. The molecule has 2 atom stereocenters. The number of thioether (sulfide) groups is 1. The van der Waals surface area contributed by atoms with E-state index >= 15 is 0 Å². The molecule has 8 heteroatoms. The predicted octanol–water partition coefficient (Wildman–Crippen LogP) is 6.31. The van der Waals surface area contributed by atoms with E-state index in [1.807, 2.05) is 99.5 Å². The molecule has 2 aromatic rings. The van der Waals surface area contributed by atoms with Gasteiger partial charge in [0.15, 0.2) is 5.17 Å². The molecular weight excluding hydrogens is 486 g/mol. The summed E-state index contributed by atoms with van der Waals surface area (Å²) in [4.78, 5) is 32.9. The Kier molecular flexibility index (Phi) is 8.38. The summed E-state index contributed by atoms with van der Waals surface area (Å²) in [7, 11) is 0. The van der Waals surface area contributed by atoms with Crippen molar-refractivity contribution in [1.29, 1.82) is 0 Å². The Hall–Kier alpha value is -3.52. The lowest BCUT2D eigenvalue weighted by molar-refractivity contribution is -0.143. The molecule has 2 aliphatic heterocycles. The Morgan fingerprint density at radius 1 is 1.08 bits per heavy atom. The van der Waals surface area contributed by atoms with Crippen LogP contribution in [0.4, 0.5) is 0 Å². The Morgan fingerprint density at radius 3 is 2.51 bits per heavy atom. The molecule has 2 unspecified atom stereocenters. The summed E-state index contributed by atoms with van der Waals surface area (Å²) < 4.78 is 11.7. The molecule has 7 nitrogen and oxygen atoms in total. The average molecular weight is 520 g/mol.